The minimum absolute atomic E-state index is 0.421. The molecule has 2 amide bonds. The molecule has 1 aromatic carbocycles. The molecule has 0 aliphatic carbocycles. The largest absolute Gasteiger partial charge is 0.471 e. The van der Waals surface area contributed by atoms with Gasteiger partial charge in [0.05, 0.1) is 0 Å². The van der Waals surface area contributed by atoms with Crippen molar-refractivity contribution in [2.75, 3.05) is 5.32 Å². The maximum atomic E-state index is 12.3. The van der Waals surface area contributed by atoms with Gasteiger partial charge < -0.3 is 10.6 Å². The van der Waals surface area contributed by atoms with Crippen LogP contribution in [-0.4, -0.2) is 28.5 Å². The first-order chi connectivity index (χ1) is 10.6. The molecule has 0 bridgehead atoms. The number of amides is 2. The fourth-order valence-corrected chi connectivity index (χ4v) is 1.92. The molecule has 8 heteroatoms. The molecule has 5 nitrogen and oxygen atoms in total. The van der Waals surface area contributed by atoms with Gasteiger partial charge in [0.1, 0.15) is 5.54 Å². The van der Waals surface area contributed by atoms with Crippen molar-refractivity contribution in [1.29, 1.82) is 0 Å². The SMILES string of the molecule is CC(C)(NC(=O)C(F)(F)F)C(=O)Nc1cccc2cnccc12. The van der Waals surface area contributed by atoms with E-state index in [-0.39, 0.29) is 0 Å². The van der Waals surface area contributed by atoms with Crippen molar-refractivity contribution in [3.05, 3.63) is 36.7 Å². The summed E-state index contributed by atoms with van der Waals surface area (Å²) in [6.45, 7) is 2.39. The predicted octanol–water partition coefficient (Wildman–Crippen LogP) is 2.63. The predicted molar refractivity (Wildman–Crippen MR) is 78.6 cm³/mol. The summed E-state index contributed by atoms with van der Waals surface area (Å²) in [5.74, 6) is -2.93. The maximum absolute atomic E-state index is 12.3. The molecule has 0 fully saturated rings. The van der Waals surface area contributed by atoms with Crippen LogP contribution in [0.3, 0.4) is 0 Å². The number of hydrogen-bond acceptors (Lipinski definition) is 3. The lowest BCUT2D eigenvalue weighted by atomic mass is 10.0. The van der Waals surface area contributed by atoms with E-state index in [9.17, 15) is 22.8 Å². The Morgan fingerprint density at radius 2 is 1.78 bits per heavy atom. The van der Waals surface area contributed by atoms with Crippen LogP contribution in [0, 0.1) is 0 Å². The molecule has 0 unspecified atom stereocenters. The Labute approximate surface area is 129 Å². The number of nitrogens with zero attached hydrogens (tertiary/aromatic N) is 1. The molecule has 0 saturated heterocycles. The zero-order valence-electron chi connectivity index (χ0n) is 12.4. The van der Waals surface area contributed by atoms with Crippen molar-refractivity contribution in [3.63, 3.8) is 0 Å². The number of rotatable bonds is 3. The second-order valence-corrected chi connectivity index (χ2v) is 5.43. The lowest BCUT2D eigenvalue weighted by Crippen LogP contribution is -2.55. The van der Waals surface area contributed by atoms with Crippen LogP contribution >= 0.6 is 0 Å². The van der Waals surface area contributed by atoms with Crippen LogP contribution < -0.4 is 10.6 Å². The van der Waals surface area contributed by atoms with E-state index in [0.29, 0.717) is 11.1 Å². The number of carbonyl (C=O) groups excluding carboxylic acids is 2. The van der Waals surface area contributed by atoms with Crippen LogP contribution in [0.25, 0.3) is 10.8 Å². The van der Waals surface area contributed by atoms with Crippen molar-refractivity contribution in [1.82, 2.24) is 10.3 Å². The fraction of sp³-hybridized carbons (Fsp3) is 0.267. The number of aromatic nitrogens is 1. The Bertz CT molecular complexity index is 752. The van der Waals surface area contributed by atoms with Crippen molar-refractivity contribution in [3.8, 4) is 0 Å². The van der Waals surface area contributed by atoms with E-state index in [1.807, 2.05) is 0 Å². The molecule has 1 heterocycles. The first-order valence-corrected chi connectivity index (χ1v) is 6.65. The van der Waals surface area contributed by atoms with Gasteiger partial charge in [0, 0.05) is 28.9 Å². The number of halogens is 3. The number of hydrogen-bond donors (Lipinski definition) is 2. The van der Waals surface area contributed by atoms with Crippen LogP contribution in [0.2, 0.25) is 0 Å². The van der Waals surface area contributed by atoms with Crippen molar-refractivity contribution >= 4 is 28.3 Å². The van der Waals surface area contributed by atoms with Gasteiger partial charge in [-0.15, -0.1) is 0 Å². The van der Waals surface area contributed by atoms with E-state index >= 15 is 0 Å². The summed E-state index contributed by atoms with van der Waals surface area (Å²) in [6, 6.07) is 6.75. The molecule has 2 N–H and O–H groups in total. The smallest absolute Gasteiger partial charge is 0.334 e. The van der Waals surface area contributed by atoms with Gasteiger partial charge in [0.25, 0.3) is 0 Å². The van der Waals surface area contributed by atoms with Crippen LogP contribution in [0.4, 0.5) is 18.9 Å². The molecule has 0 atom stereocenters. The summed E-state index contributed by atoms with van der Waals surface area (Å²) in [4.78, 5) is 27.2. The number of pyridine rings is 1. The monoisotopic (exact) mass is 325 g/mol. The van der Waals surface area contributed by atoms with Crippen molar-refractivity contribution < 1.29 is 22.8 Å². The summed E-state index contributed by atoms with van der Waals surface area (Å²) >= 11 is 0. The van der Waals surface area contributed by atoms with E-state index in [0.717, 1.165) is 5.39 Å². The third-order valence-corrected chi connectivity index (χ3v) is 3.18. The summed E-state index contributed by atoms with van der Waals surface area (Å²) in [5, 5.41) is 5.66. The minimum Gasteiger partial charge on any atom is -0.334 e. The van der Waals surface area contributed by atoms with Gasteiger partial charge >= 0.3 is 12.1 Å². The summed E-state index contributed by atoms with van der Waals surface area (Å²) < 4.78 is 37.0. The highest BCUT2D eigenvalue weighted by Gasteiger charge is 2.43. The lowest BCUT2D eigenvalue weighted by Gasteiger charge is -2.26. The maximum Gasteiger partial charge on any atom is 0.471 e. The molecule has 23 heavy (non-hydrogen) atoms. The number of carbonyl (C=O) groups is 2. The fourth-order valence-electron chi connectivity index (χ4n) is 1.92. The Hall–Kier alpha value is -2.64. The molecule has 122 valence electrons. The molecule has 0 aliphatic heterocycles. The summed E-state index contributed by atoms with van der Waals surface area (Å²) in [6.07, 6.45) is -1.92. The van der Waals surface area contributed by atoms with E-state index < -0.39 is 23.5 Å². The van der Waals surface area contributed by atoms with Crippen molar-refractivity contribution in [2.24, 2.45) is 0 Å². The van der Waals surface area contributed by atoms with Crippen molar-refractivity contribution in [2.45, 2.75) is 25.6 Å². The van der Waals surface area contributed by atoms with E-state index in [2.05, 4.69) is 10.3 Å². The number of anilines is 1. The van der Waals surface area contributed by atoms with Crippen LogP contribution in [0.15, 0.2) is 36.7 Å². The van der Waals surface area contributed by atoms with E-state index in [4.69, 9.17) is 0 Å². The van der Waals surface area contributed by atoms with Gasteiger partial charge in [0.2, 0.25) is 5.91 Å². The third-order valence-electron chi connectivity index (χ3n) is 3.18. The standard InChI is InChI=1S/C15H14F3N3O2/c1-14(2,21-13(23)15(16,17)18)12(22)20-11-5-3-4-9-8-19-7-6-10(9)11/h3-8H,1-2H3,(H,20,22)(H,21,23). The second kappa shape index (κ2) is 5.86. The summed E-state index contributed by atoms with van der Waals surface area (Å²) in [5.41, 5.74) is -1.31. The lowest BCUT2D eigenvalue weighted by molar-refractivity contribution is -0.175. The molecule has 0 spiro atoms. The zero-order valence-corrected chi connectivity index (χ0v) is 12.4. The van der Waals surface area contributed by atoms with Crippen LogP contribution in [0.5, 0.6) is 0 Å². The van der Waals surface area contributed by atoms with Crippen LogP contribution in [0.1, 0.15) is 13.8 Å². The third kappa shape index (κ3) is 3.77. The highest BCUT2D eigenvalue weighted by Crippen LogP contribution is 2.23. The number of alkyl halides is 3. The van der Waals surface area contributed by atoms with Gasteiger partial charge in [-0.05, 0) is 26.0 Å². The molecule has 2 aromatic rings. The normalized spacial score (nSPS) is 12.0. The molecular weight excluding hydrogens is 311 g/mol. The van der Waals surface area contributed by atoms with E-state index in [1.54, 1.807) is 35.8 Å². The Morgan fingerprint density at radius 3 is 2.43 bits per heavy atom. The summed E-state index contributed by atoms with van der Waals surface area (Å²) in [7, 11) is 0. The topological polar surface area (TPSA) is 71.1 Å². The van der Waals surface area contributed by atoms with Crippen LogP contribution in [-0.2, 0) is 9.59 Å². The van der Waals surface area contributed by atoms with Gasteiger partial charge in [-0.3, -0.25) is 14.6 Å². The number of nitrogens with one attached hydrogen (secondary N) is 2. The molecule has 1 aromatic heterocycles. The van der Waals surface area contributed by atoms with Gasteiger partial charge in [-0.2, -0.15) is 13.2 Å². The first-order valence-electron chi connectivity index (χ1n) is 6.65. The molecular formula is C15H14F3N3O2. The van der Waals surface area contributed by atoms with Gasteiger partial charge in [-0.25, -0.2) is 0 Å². The molecule has 2 rings (SSSR count). The minimum atomic E-state index is -5.05. The zero-order chi connectivity index (χ0) is 17.3. The molecule has 0 aliphatic rings. The number of fused-ring (bicyclic) bond motifs is 1. The highest BCUT2D eigenvalue weighted by atomic mass is 19.4. The average molecular weight is 325 g/mol. The highest BCUT2D eigenvalue weighted by molar-refractivity contribution is 6.06. The molecule has 0 saturated carbocycles. The van der Waals surface area contributed by atoms with E-state index in [1.165, 1.54) is 20.0 Å². The van der Waals surface area contributed by atoms with Gasteiger partial charge in [-0.1, -0.05) is 12.1 Å². The Balaban J connectivity index is 2.21. The average Bonchev–Trinajstić information content (AvgIpc) is 2.46. The Kier molecular flexibility index (Phi) is 4.26. The number of benzene rings is 1. The van der Waals surface area contributed by atoms with Gasteiger partial charge in [0.15, 0.2) is 0 Å². The Morgan fingerprint density at radius 1 is 1.09 bits per heavy atom. The molecule has 0 radical (unpaired) electrons. The quantitative estimate of drug-likeness (QED) is 0.911. The second-order valence-electron chi connectivity index (χ2n) is 5.43. The first kappa shape index (κ1) is 16.7.